The SMILES string of the molecule is COc1ccc(C(=O)CC(NCc2ccccc2)c2ccc([N+](=O)[O-])cc2)cc1. The molecule has 1 unspecified atom stereocenters. The van der Waals surface area contributed by atoms with Crippen LogP contribution >= 0.6 is 0 Å². The maximum Gasteiger partial charge on any atom is 0.269 e. The molecule has 148 valence electrons. The Kier molecular flexibility index (Phi) is 6.71. The second-order valence-electron chi connectivity index (χ2n) is 6.62. The number of ether oxygens (including phenoxy) is 1. The van der Waals surface area contributed by atoms with Crippen LogP contribution in [-0.2, 0) is 6.54 Å². The van der Waals surface area contributed by atoms with Crippen molar-refractivity contribution in [3.05, 3.63) is 106 Å². The van der Waals surface area contributed by atoms with E-state index in [0.717, 1.165) is 11.1 Å². The number of carbonyl (C=O) groups is 1. The first-order chi connectivity index (χ1) is 14.1. The van der Waals surface area contributed by atoms with Gasteiger partial charge in [-0.2, -0.15) is 0 Å². The molecule has 0 spiro atoms. The predicted octanol–water partition coefficient (Wildman–Crippen LogP) is 4.71. The van der Waals surface area contributed by atoms with E-state index in [1.54, 1.807) is 43.5 Å². The minimum absolute atomic E-state index is 0.0171. The van der Waals surface area contributed by atoms with Crippen LogP contribution in [0.25, 0.3) is 0 Å². The lowest BCUT2D eigenvalue weighted by atomic mass is 9.97. The second-order valence-corrected chi connectivity index (χ2v) is 6.62. The molecule has 0 aromatic heterocycles. The molecule has 0 heterocycles. The summed E-state index contributed by atoms with van der Waals surface area (Å²) in [7, 11) is 1.58. The molecule has 6 nitrogen and oxygen atoms in total. The van der Waals surface area contributed by atoms with E-state index in [1.807, 2.05) is 30.3 Å². The van der Waals surface area contributed by atoms with Crippen LogP contribution < -0.4 is 10.1 Å². The summed E-state index contributed by atoms with van der Waals surface area (Å²) in [6.45, 7) is 0.582. The Balaban J connectivity index is 1.78. The van der Waals surface area contributed by atoms with Gasteiger partial charge in [-0.15, -0.1) is 0 Å². The maximum absolute atomic E-state index is 12.8. The Morgan fingerprint density at radius 3 is 2.24 bits per heavy atom. The summed E-state index contributed by atoms with van der Waals surface area (Å²) in [5.41, 5.74) is 2.54. The molecule has 3 aromatic carbocycles. The minimum atomic E-state index is -0.432. The van der Waals surface area contributed by atoms with Gasteiger partial charge in [0.2, 0.25) is 0 Å². The lowest BCUT2D eigenvalue weighted by Crippen LogP contribution is -2.23. The van der Waals surface area contributed by atoms with Crippen molar-refractivity contribution in [2.45, 2.75) is 19.0 Å². The van der Waals surface area contributed by atoms with E-state index >= 15 is 0 Å². The molecule has 0 aliphatic carbocycles. The molecule has 0 bridgehead atoms. The Labute approximate surface area is 169 Å². The van der Waals surface area contributed by atoms with Crippen molar-refractivity contribution in [2.24, 2.45) is 0 Å². The van der Waals surface area contributed by atoms with Gasteiger partial charge in [-0.1, -0.05) is 42.5 Å². The average Bonchev–Trinajstić information content (AvgIpc) is 2.77. The van der Waals surface area contributed by atoms with Crippen LogP contribution in [0.4, 0.5) is 5.69 Å². The number of nitro benzene ring substituents is 1. The standard InChI is InChI=1S/C23H22N2O4/c1-29-21-13-9-19(10-14-21)23(26)15-22(24-16-17-5-3-2-4-6-17)18-7-11-20(12-8-18)25(27)28/h2-14,22,24H,15-16H2,1H3. The monoisotopic (exact) mass is 390 g/mol. The van der Waals surface area contributed by atoms with Gasteiger partial charge in [-0.25, -0.2) is 0 Å². The molecule has 29 heavy (non-hydrogen) atoms. The Morgan fingerprint density at radius 1 is 1.00 bits per heavy atom. The topological polar surface area (TPSA) is 81.5 Å². The number of nitro groups is 1. The summed E-state index contributed by atoms with van der Waals surface area (Å²) in [5.74, 6) is 0.673. The summed E-state index contributed by atoms with van der Waals surface area (Å²) < 4.78 is 5.14. The highest BCUT2D eigenvalue weighted by atomic mass is 16.6. The zero-order chi connectivity index (χ0) is 20.6. The number of hydrogen-bond donors (Lipinski definition) is 1. The first-order valence-electron chi connectivity index (χ1n) is 9.25. The van der Waals surface area contributed by atoms with Crippen LogP contribution in [0.1, 0.15) is 33.9 Å². The first-order valence-corrected chi connectivity index (χ1v) is 9.25. The van der Waals surface area contributed by atoms with Gasteiger partial charge in [0.1, 0.15) is 5.75 Å². The minimum Gasteiger partial charge on any atom is -0.497 e. The molecule has 0 aliphatic heterocycles. The Hall–Kier alpha value is -3.51. The van der Waals surface area contributed by atoms with Crippen LogP contribution in [0, 0.1) is 10.1 Å². The third kappa shape index (κ3) is 5.49. The number of benzene rings is 3. The highest BCUT2D eigenvalue weighted by molar-refractivity contribution is 5.96. The number of methoxy groups -OCH3 is 1. The largest absolute Gasteiger partial charge is 0.497 e. The zero-order valence-electron chi connectivity index (χ0n) is 16.1. The van der Waals surface area contributed by atoms with Crippen LogP contribution in [-0.4, -0.2) is 17.8 Å². The molecular weight excluding hydrogens is 368 g/mol. The number of nitrogens with one attached hydrogen (secondary N) is 1. The Morgan fingerprint density at radius 2 is 1.66 bits per heavy atom. The number of carbonyl (C=O) groups excluding carboxylic acids is 1. The highest BCUT2D eigenvalue weighted by Crippen LogP contribution is 2.23. The van der Waals surface area contributed by atoms with Gasteiger partial charge in [0.15, 0.2) is 5.78 Å². The molecule has 1 N–H and O–H groups in total. The molecule has 0 amide bonds. The molecule has 1 atom stereocenters. The summed E-state index contributed by atoms with van der Waals surface area (Å²) in [6.07, 6.45) is 0.233. The zero-order valence-corrected chi connectivity index (χ0v) is 16.1. The van der Waals surface area contributed by atoms with Gasteiger partial charge in [-0.05, 0) is 35.4 Å². The summed E-state index contributed by atoms with van der Waals surface area (Å²) in [4.78, 5) is 23.3. The molecular formula is C23H22N2O4. The van der Waals surface area contributed by atoms with Crippen molar-refractivity contribution >= 4 is 11.5 Å². The van der Waals surface area contributed by atoms with E-state index in [9.17, 15) is 14.9 Å². The quantitative estimate of drug-likeness (QED) is 0.325. The number of nitrogens with zero attached hydrogens (tertiary/aromatic N) is 1. The molecule has 3 rings (SSSR count). The van der Waals surface area contributed by atoms with Gasteiger partial charge in [-0.3, -0.25) is 14.9 Å². The van der Waals surface area contributed by atoms with E-state index in [1.165, 1.54) is 12.1 Å². The smallest absolute Gasteiger partial charge is 0.269 e. The summed E-state index contributed by atoms with van der Waals surface area (Å²) >= 11 is 0. The molecule has 0 aliphatic rings. The average molecular weight is 390 g/mol. The van der Waals surface area contributed by atoms with Crippen molar-refractivity contribution in [1.29, 1.82) is 0 Å². The van der Waals surface area contributed by atoms with Crippen LogP contribution in [0.2, 0.25) is 0 Å². The van der Waals surface area contributed by atoms with Gasteiger partial charge < -0.3 is 10.1 Å². The first kappa shape index (κ1) is 20.2. The van der Waals surface area contributed by atoms with Crippen LogP contribution in [0.3, 0.4) is 0 Å². The fourth-order valence-corrected chi connectivity index (χ4v) is 3.05. The summed E-state index contributed by atoms with van der Waals surface area (Å²) in [6, 6.07) is 22.9. The normalized spacial score (nSPS) is 11.6. The van der Waals surface area contributed by atoms with E-state index < -0.39 is 4.92 Å². The van der Waals surface area contributed by atoms with E-state index in [4.69, 9.17) is 4.74 Å². The molecule has 0 fully saturated rings. The van der Waals surface area contributed by atoms with Crippen LogP contribution in [0.15, 0.2) is 78.9 Å². The van der Waals surface area contributed by atoms with Crippen molar-refractivity contribution in [2.75, 3.05) is 7.11 Å². The Bertz CT molecular complexity index is 954. The third-order valence-electron chi connectivity index (χ3n) is 4.70. The fourth-order valence-electron chi connectivity index (χ4n) is 3.05. The van der Waals surface area contributed by atoms with Crippen molar-refractivity contribution in [1.82, 2.24) is 5.32 Å². The molecule has 0 saturated carbocycles. The molecule has 0 radical (unpaired) electrons. The number of ketones is 1. The van der Waals surface area contributed by atoms with Crippen molar-refractivity contribution in [3.8, 4) is 5.75 Å². The van der Waals surface area contributed by atoms with Crippen molar-refractivity contribution in [3.63, 3.8) is 0 Å². The lowest BCUT2D eigenvalue weighted by Gasteiger charge is -2.19. The van der Waals surface area contributed by atoms with Gasteiger partial charge in [0, 0.05) is 36.7 Å². The van der Waals surface area contributed by atoms with Gasteiger partial charge in [0.05, 0.1) is 12.0 Å². The molecule has 3 aromatic rings. The van der Waals surface area contributed by atoms with Gasteiger partial charge in [0.25, 0.3) is 5.69 Å². The highest BCUT2D eigenvalue weighted by Gasteiger charge is 2.18. The molecule has 6 heteroatoms. The second kappa shape index (κ2) is 9.61. The number of rotatable bonds is 9. The molecule has 0 saturated heterocycles. The van der Waals surface area contributed by atoms with Crippen molar-refractivity contribution < 1.29 is 14.5 Å². The maximum atomic E-state index is 12.8. The van der Waals surface area contributed by atoms with E-state index in [0.29, 0.717) is 17.9 Å². The van der Waals surface area contributed by atoms with Crippen LogP contribution in [0.5, 0.6) is 5.75 Å². The lowest BCUT2D eigenvalue weighted by molar-refractivity contribution is -0.384. The number of non-ortho nitro benzene ring substituents is 1. The number of Topliss-reactive ketones (excluding diaryl/α,β-unsaturated/α-hetero) is 1. The number of hydrogen-bond acceptors (Lipinski definition) is 5. The van der Waals surface area contributed by atoms with Gasteiger partial charge >= 0.3 is 0 Å². The summed E-state index contributed by atoms with van der Waals surface area (Å²) in [5, 5.41) is 14.3. The predicted molar refractivity (Wildman–Crippen MR) is 111 cm³/mol. The third-order valence-corrected chi connectivity index (χ3v) is 4.70. The van der Waals surface area contributed by atoms with E-state index in [-0.39, 0.29) is 23.9 Å². The van der Waals surface area contributed by atoms with E-state index in [2.05, 4.69) is 5.32 Å². The fraction of sp³-hybridized carbons (Fsp3) is 0.174.